The first-order chi connectivity index (χ1) is 29.8. The van der Waals surface area contributed by atoms with Gasteiger partial charge in [0.15, 0.2) is 0 Å². The Labute approximate surface area is 407 Å². The number of thiol groups is 1. The maximum absolute atomic E-state index is 12.1. The lowest BCUT2D eigenvalue weighted by Gasteiger charge is -2.07. The molecule has 336 valence electrons. The fourth-order valence-corrected chi connectivity index (χ4v) is 12.6. The molecule has 1 aliphatic rings. The Balaban J connectivity index is 0.000000197. The summed E-state index contributed by atoms with van der Waals surface area (Å²) in [6, 6.07) is 32.6. The molecule has 0 amide bonds. The molecule has 0 radical (unpaired) electrons. The summed E-state index contributed by atoms with van der Waals surface area (Å²) in [4.78, 5) is 32.4. The summed E-state index contributed by atoms with van der Waals surface area (Å²) in [6.45, 7) is 0. The van der Waals surface area contributed by atoms with Gasteiger partial charge in [0.25, 0.3) is 27.1 Å². The van der Waals surface area contributed by atoms with Crippen molar-refractivity contribution in [2.24, 2.45) is 14.0 Å². The summed E-state index contributed by atoms with van der Waals surface area (Å²) in [5.41, 5.74) is -0.952. The molecule has 6 aromatic rings. The Morgan fingerprint density at radius 3 is 1.52 bits per heavy atom. The van der Waals surface area contributed by atoms with Crippen LogP contribution in [-0.2, 0) is 40.8 Å². The largest absolute Gasteiger partial charge is 0.289 e. The van der Waals surface area contributed by atoms with Crippen molar-refractivity contribution in [1.29, 1.82) is 0 Å². The molecule has 0 spiro atoms. The van der Waals surface area contributed by atoms with Gasteiger partial charge in [-0.2, -0.15) is 8.42 Å². The number of sulfonamides is 3. The maximum atomic E-state index is 12.1. The zero-order valence-corrected chi connectivity index (χ0v) is 42.0. The predicted octanol–water partition coefficient (Wildman–Crippen LogP) is 10.1. The van der Waals surface area contributed by atoms with E-state index in [0.717, 1.165) is 58.4 Å². The fraction of sp³-hybridized carbons (Fsp3) is 0. The Morgan fingerprint density at radius 2 is 1.05 bits per heavy atom. The second-order valence-electron chi connectivity index (χ2n) is 12.1. The van der Waals surface area contributed by atoms with Gasteiger partial charge in [-0.15, -0.1) is 16.4 Å². The van der Waals surface area contributed by atoms with Crippen LogP contribution in [0, 0.1) is 30.3 Å². The molecular formula is C36H26Br3ClN6O12S6. The molecule has 6 aromatic carbocycles. The van der Waals surface area contributed by atoms with Gasteiger partial charge >= 0.3 is 0 Å². The van der Waals surface area contributed by atoms with Crippen molar-refractivity contribution in [2.45, 2.75) is 39.2 Å². The topological polar surface area (TPSA) is 296 Å². The Bertz CT molecular complexity index is 3090. The van der Waals surface area contributed by atoms with Crippen molar-refractivity contribution in [3.63, 3.8) is 0 Å². The molecule has 0 aliphatic carbocycles. The lowest BCUT2D eigenvalue weighted by Crippen LogP contribution is -2.13. The Hall–Kier alpha value is -4.13. The Morgan fingerprint density at radius 1 is 0.625 bits per heavy atom. The van der Waals surface area contributed by atoms with E-state index in [-0.39, 0.29) is 31.9 Å². The smallest absolute Gasteiger partial charge is 0.258 e. The van der Waals surface area contributed by atoms with E-state index in [1.165, 1.54) is 36.0 Å². The summed E-state index contributed by atoms with van der Waals surface area (Å²) in [7, 11) is -12.9. The van der Waals surface area contributed by atoms with Crippen LogP contribution in [0.1, 0.15) is 0 Å². The number of halogens is 4. The van der Waals surface area contributed by atoms with Crippen molar-refractivity contribution in [3.8, 4) is 0 Å². The van der Waals surface area contributed by atoms with Gasteiger partial charge in [0.05, 0.1) is 19.8 Å². The lowest BCUT2D eigenvalue weighted by atomic mass is 10.3. The number of nitro benzene ring substituents is 3. The predicted molar refractivity (Wildman–Crippen MR) is 254 cm³/mol. The second kappa shape index (κ2) is 22.4. The minimum Gasteiger partial charge on any atom is -0.258 e. The van der Waals surface area contributed by atoms with Gasteiger partial charge < -0.3 is 0 Å². The highest BCUT2D eigenvalue weighted by Gasteiger charge is 2.31. The molecular weight excluding hydrogens is 1180 g/mol. The van der Waals surface area contributed by atoms with Crippen LogP contribution in [-0.4, -0.2) is 40.0 Å². The second-order valence-corrected chi connectivity index (χ2v) is 23.4. The number of nitro groups is 3. The van der Waals surface area contributed by atoms with Crippen LogP contribution in [0.5, 0.6) is 0 Å². The minimum absolute atomic E-state index is 0.0806. The molecule has 64 heavy (non-hydrogen) atoms. The third-order valence-corrected chi connectivity index (χ3v) is 16.9. The van der Waals surface area contributed by atoms with E-state index in [2.05, 4.69) is 64.2 Å². The van der Waals surface area contributed by atoms with Crippen LogP contribution >= 0.6 is 83.8 Å². The molecule has 1 aliphatic heterocycles. The van der Waals surface area contributed by atoms with Crippen LogP contribution in [0.2, 0.25) is 5.02 Å². The van der Waals surface area contributed by atoms with Crippen molar-refractivity contribution in [1.82, 2.24) is 0 Å². The molecule has 18 nitrogen and oxygen atoms in total. The first kappa shape index (κ1) is 52.5. The van der Waals surface area contributed by atoms with Gasteiger partial charge in [0.1, 0.15) is 14.7 Å². The summed E-state index contributed by atoms with van der Waals surface area (Å²) in [5, 5.41) is 41.6. The van der Waals surface area contributed by atoms with Crippen LogP contribution in [0.4, 0.5) is 17.1 Å². The van der Waals surface area contributed by atoms with Gasteiger partial charge in [-0.1, -0.05) is 71.2 Å². The summed E-state index contributed by atoms with van der Waals surface area (Å²) >= 11 is 20.7. The SMILES string of the molecule is NS(=O)(=O)c1cc([N+](=O)[O-])ccc1Cl.NS(=O)(=O)c1cc([N+](=O)[O-])ccc1Sc1ccc(Br)cc1.O=[N+]([O-])c1ccc2c(c1)S(=O)(=O)N=S2c1ccc(Br)cc1.Sc1ccc(Br)cc1. The van der Waals surface area contributed by atoms with E-state index in [9.17, 15) is 55.6 Å². The molecule has 1 unspecified atom stereocenters. The van der Waals surface area contributed by atoms with Gasteiger partial charge in [0.2, 0.25) is 20.0 Å². The Kier molecular flexibility index (Phi) is 18.4. The van der Waals surface area contributed by atoms with Crippen molar-refractivity contribution in [2.75, 3.05) is 0 Å². The number of nitrogens with two attached hydrogens (primary N) is 2. The van der Waals surface area contributed by atoms with Gasteiger partial charge in [-0.25, -0.2) is 27.1 Å². The average Bonchev–Trinajstić information content (AvgIpc) is 3.49. The van der Waals surface area contributed by atoms with E-state index < -0.39 is 60.4 Å². The van der Waals surface area contributed by atoms with Crippen LogP contribution in [0.15, 0.2) is 184 Å². The molecule has 0 bridgehead atoms. The highest BCUT2D eigenvalue weighted by atomic mass is 79.9. The van der Waals surface area contributed by atoms with E-state index in [1.807, 2.05) is 36.4 Å². The molecule has 0 aromatic heterocycles. The number of primary sulfonamides is 2. The highest BCUT2D eigenvalue weighted by molar-refractivity contribution is 9.11. The van der Waals surface area contributed by atoms with Crippen LogP contribution < -0.4 is 10.3 Å². The van der Waals surface area contributed by atoms with Crippen molar-refractivity contribution >= 4 is 142 Å². The van der Waals surface area contributed by atoms with Crippen molar-refractivity contribution in [3.05, 3.63) is 176 Å². The molecule has 28 heteroatoms. The normalized spacial score (nSPS) is 13.5. The zero-order chi connectivity index (χ0) is 47.7. The highest BCUT2D eigenvalue weighted by Crippen LogP contribution is 2.37. The van der Waals surface area contributed by atoms with Crippen LogP contribution in [0.3, 0.4) is 0 Å². The summed E-state index contributed by atoms with van der Waals surface area (Å²) in [6.07, 6.45) is 0. The number of non-ortho nitro benzene ring substituents is 3. The molecule has 1 heterocycles. The van der Waals surface area contributed by atoms with E-state index >= 15 is 0 Å². The number of fused-ring (bicyclic) bond motifs is 1. The third kappa shape index (κ3) is 15.0. The molecule has 7 rings (SSSR count). The average molecular weight is 1200 g/mol. The quantitative estimate of drug-likeness (QED) is 0.0727. The lowest BCUT2D eigenvalue weighted by molar-refractivity contribution is -0.385. The van der Waals surface area contributed by atoms with E-state index in [1.54, 1.807) is 36.4 Å². The van der Waals surface area contributed by atoms with Gasteiger partial charge in [-0.05, 0) is 102 Å². The van der Waals surface area contributed by atoms with E-state index in [0.29, 0.717) is 9.79 Å². The molecule has 4 N–H and O–H groups in total. The molecule has 0 saturated carbocycles. The summed E-state index contributed by atoms with van der Waals surface area (Å²) < 4.78 is 75.9. The standard InChI is InChI=1S/C12H7BrN2O4S2.C12H9BrN2O4S2.C6H5BrS.C6H5ClN2O4S/c13-8-1-4-10(5-2-8)20-11-6-3-9(15(16)17)7-12(11)21(18,19)14-20;13-8-1-4-10(5-2-8)20-11-6-3-9(15(16)17)7-12(11)21(14,18)19;7-5-1-3-6(8)4-2-5;7-5-2-1-4(9(10)11)3-6(5)14(8,12)13/h1-7H;1-7H,(H2,14,18,19);1-4,8H;1-3H,(H2,8,12,13). The first-order valence-electron chi connectivity index (χ1n) is 16.7. The number of nitrogens with zero attached hydrogens (tertiary/aromatic N) is 4. The monoisotopic (exact) mass is 1200 g/mol. The molecule has 1 atom stereocenters. The number of hydrogen-bond donors (Lipinski definition) is 3. The maximum Gasteiger partial charge on any atom is 0.289 e. The first-order valence-corrected chi connectivity index (χ1v) is 26.4. The van der Waals surface area contributed by atoms with Gasteiger partial charge in [0, 0.05) is 74.3 Å². The number of benzene rings is 6. The summed E-state index contributed by atoms with van der Waals surface area (Å²) in [5.74, 6) is 0. The van der Waals surface area contributed by atoms with Crippen LogP contribution in [0.25, 0.3) is 0 Å². The minimum atomic E-state index is -4.05. The molecule has 0 fully saturated rings. The fourth-order valence-electron chi connectivity index (χ4n) is 4.69. The van der Waals surface area contributed by atoms with E-state index in [4.69, 9.17) is 21.9 Å². The number of rotatable bonds is 8. The number of hydrogen-bond acceptors (Lipinski definition) is 14. The van der Waals surface area contributed by atoms with Gasteiger partial charge in [-0.3, -0.25) is 30.3 Å². The third-order valence-electron chi connectivity index (χ3n) is 7.58. The van der Waals surface area contributed by atoms with Crippen molar-refractivity contribution < 1.29 is 40.0 Å². The zero-order valence-electron chi connectivity index (χ0n) is 31.5. The molecule has 0 saturated heterocycles.